The molecule has 1 fully saturated rings. The van der Waals surface area contributed by atoms with Crippen molar-refractivity contribution in [3.05, 3.63) is 101 Å². The van der Waals surface area contributed by atoms with Crippen LogP contribution in [0.2, 0.25) is 0 Å². The van der Waals surface area contributed by atoms with Crippen LogP contribution in [0.5, 0.6) is 5.75 Å². The van der Waals surface area contributed by atoms with E-state index in [0.717, 1.165) is 38.3 Å². The third kappa shape index (κ3) is 6.97. The van der Waals surface area contributed by atoms with E-state index in [2.05, 4.69) is 91.2 Å². The average Bonchev–Trinajstić information content (AvgIpc) is 2.76. The van der Waals surface area contributed by atoms with Gasteiger partial charge in [-0.3, -0.25) is 9.80 Å². The number of hydrogen-bond acceptors (Lipinski definition) is 3. The number of aromatic hydroxyl groups is 1. The van der Waals surface area contributed by atoms with Gasteiger partial charge in [0.15, 0.2) is 0 Å². The molecule has 0 saturated carbocycles. The van der Waals surface area contributed by atoms with E-state index >= 15 is 0 Å². The second-order valence-corrected chi connectivity index (χ2v) is 9.67. The molecule has 0 spiro atoms. The molecule has 3 aromatic rings. The molecule has 1 atom stereocenters. The zero-order valence-electron chi connectivity index (χ0n) is 19.8. The Balaban J connectivity index is 0.00000193. The topological polar surface area (TPSA) is 26.7 Å². The maximum Gasteiger partial charge on any atom is 0.115 e. The summed E-state index contributed by atoms with van der Waals surface area (Å²) in [4.78, 5) is 5.09. The lowest BCUT2D eigenvalue weighted by Crippen LogP contribution is -2.47. The first-order valence-corrected chi connectivity index (χ1v) is 11.3. The molecule has 3 aromatic carbocycles. The van der Waals surface area contributed by atoms with Gasteiger partial charge in [-0.25, -0.2) is 0 Å². The summed E-state index contributed by atoms with van der Waals surface area (Å²) < 4.78 is 0. The van der Waals surface area contributed by atoms with Crippen molar-refractivity contribution in [3.63, 3.8) is 0 Å². The van der Waals surface area contributed by atoms with E-state index in [9.17, 15) is 5.11 Å². The molecule has 5 heteroatoms. The summed E-state index contributed by atoms with van der Waals surface area (Å²) >= 11 is 0. The summed E-state index contributed by atoms with van der Waals surface area (Å²) in [5, 5.41) is 10.1. The van der Waals surface area contributed by atoms with E-state index in [1.165, 1.54) is 16.7 Å². The summed E-state index contributed by atoms with van der Waals surface area (Å²) in [6, 6.07) is 27.7. The van der Waals surface area contributed by atoms with Crippen molar-refractivity contribution in [2.45, 2.75) is 38.8 Å². The molecule has 178 valence electrons. The van der Waals surface area contributed by atoms with Crippen LogP contribution < -0.4 is 0 Å². The minimum absolute atomic E-state index is 0. The van der Waals surface area contributed by atoms with Gasteiger partial charge in [0.1, 0.15) is 5.75 Å². The normalized spacial score (nSPS) is 15.8. The van der Waals surface area contributed by atoms with E-state index in [1.807, 2.05) is 12.1 Å². The fourth-order valence-electron chi connectivity index (χ4n) is 4.50. The van der Waals surface area contributed by atoms with Crippen LogP contribution in [0.1, 0.15) is 49.1 Å². The maximum absolute atomic E-state index is 10.1. The van der Waals surface area contributed by atoms with Crippen molar-refractivity contribution < 1.29 is 5.11 Å². The van der Waals surface area contributed by atoms with Gasteiger partial charge in [0.2, 0.25) is 0 Å². The first kappa shape index (κ1) is 27.2. The van der Waals surface area contributed by atoms with E-state index < -0.39 is 0 Å². The number of nitrogens with zero attached hydrogens (tertiary/aromatic N) is 2. The highest BCUT2D eigenvalue weighted by Crippen LogP contribution is 2.33. The van der Waals surface area contributed by atoms with Gasteiger partial charge in [-0.15, -0.1) is 24.8 Å². The van der Waals surface area contributed by atoms with Gasteiger partial charge in [-0.2, -0.15) is 0 Å². The molecule has 1 saturated heterocycles. The van der Waals surface area contributed by atoms with Crippen molar-refractivity contribution in [3.8, 4) is 5.75 Å². The predicted octanol–water partition coefficient (Wildman–Crippen LogP) is 6.44. The number of hydrogen-bond donors (Lipinski definition) is 1. The molecule has 1 aliphatic rings. The standard InChI is InChI=1S/C28H34N2O.2ClH/c1-28(2,3)25-14-12-23(13-15-25)27(24-10-7-11-26(31)20-24)30-18-16-29(17-19-30)21-22-8-5-4-6-9-22;;/h4-15,20,27,31H,16-19,21H2,1-3H3;2*1H. The highest BCUT2D eigenvalue weighted by molar-refractivity contribution is 5.85. The molecule has 0 aliphatic carbocycles. The van der Waals surface area contributed by atoms with E-state index in [0.29, 0.717) is 5.75 Å². The number of phenolic OH excluding ortho intramolecular Hbond substituents is 1. The van der Waals surface area contributed by atoms with Crippen molar-refractivity contribution in [2.75, 3.05) is 26.2 Å². The molecule has 1 N–H and O–H groups in total. The third-order valence-corrected chi connectivity index (χ3v) is 6.30. The monoisotopic (exact) mass is 486 g/mol. The summed E-state index contributed by atoms with van der Waals surface area (Å²) in [7, 11) is 0. The predicted molar refractivity (Wildman–Crippen MR) is 143 cm³/mol. The first-order valence-electron chi connectivity index (χ1n) is 11.3. The van der Waals surface area contributed by atoms with E-state index in [4.69, 9.17) is 0 Å². The summed E-state index contributed by atoms with van der Waals surface area (Å²) in [5.74, 6) is 0.330. The van der Waals surface area contributed by atoms with Crippen LogP contribution in [0.3, 0.4) is 0 Å². The van der Waals surface area contributed by atoms with Crippen LogP contribution >= 0.6 is 24.8 Å². The molecule has 1 heterocycles. The first-order chi connectivity index (χ1) is 14.9. The molecule has 0 aromatic heterocycles. The van der Waals surface area contributed by atoms with Crippen LogP contribution in [0.4, 0.5) is 0 Å². The van der Waals surface area contributed by atoms with Crippen LogP contribution in [-0.2, 0) is 12.0 Å². The van der Waals surface area contributed by atoms with Gasteiger partial charge >= 0.3 is 0 Å². The van der Waals surface area contributed by atoms with Crippen molar-refractivity contribution in [1.82, 2.24) is 9.80 Å². The highest BCUT2D eigenvalue weighted by atomic mass is 35.5. The summed E-state index contributed by atoms with van der Waals surface area (Å²) in [6.45, 7) is 11.9. The van der Waals surface area contributed by atoms with Crippen LogP contribution in [0.15, 0.2) is 78.9 Å². The molecular weight excluding hydrogens is 451 g/mol. The lowest BCUT2D eigenvalue weighted by molar-refractivity contribution is 0.105. The fraction of sp³-hybridized carbons (Fsp3) is 0.357. The molecule has 0 amide bonds. The zero-order valence-corrected chi connectivity index (χ0v) is 21.4. The fourth-order valence-corrected chi connectivity index (χ4v) is 4.50. The molecule has 0 bridgehead atoms. The maximum atomic E-state index is 10.1. The Kier molecular flexibility index (Phi) is 9.81. The molecule has 3 nitrogen and oxygen atoms in total. The molecule has 4 rings (SSSR count). The molecule has 33 heavy (non-hydrogen) atoms. The number of rotatable bonds is 5. The second-order valence-electron chi connectivity index (χ2n) is 9.67. The van der Waals surface area contributed by atoms with E-state index in [-0.39, 0.29) is 36.3 Å². The van der Waals surface area contributed by atoms with Crippen molar-refractivity contribution in [2.24, 2.45) is 0 Å². The van der Waals surface area contributed by atoms with Crippen molar-refractivity contribution in [1.29, 1.82) is 0 Å². The molecular formula is C28H36Cl2N2O. The minimum atomic E-state index is 0. The summed E-state index contributed by atoms with van der Waals surface area (Å²) in [5.41, 5.74) is 5.30. The van der Waals surface area contributed by atoms with Gasteiger partial charge in [-0.05, 0) is 39.8 Å². The van der Waals surface area contributed by atoms with Gasteiger partial charge in [-0.1, -0.05) is 87.5 Å². The number of piperazine rings is 1. The Hall–Kier alpha value is -2.04. The van der Waals surface area contributed by atoms with Gasteiger partial charge in [0.25, 0.3) is 0 Å². The number of phenols is 1. The zero-order chi connectivity index (χ0) is 21.8. The number of benzene rings is 3. The van der Waals surface area contributed by atoms with E-state index in [1.54, 1.807) is 6.07 Å². The molecule has 1 aliphatic heterocycles. The number of halogens is 2. The Morgan fingerprint density at radius 2 is 1.39 bits per heavy atom. The lowest BCUT2D eigenvalue weighted by atomic mass is 9.85. The summed E-state index contributed by atoms with van der Waals surface area (Å²) in [6.07, 6.45) is 0. The Morgan fingerprint density at radius 3 is 1.97 bits per heavy atom. The quantitative estimate of drug-likeness (QED) is 0.449. The largest absolute Gasteiger partial charge is 0.508 e. The van der Waals surface area contributed by atoms with Crippen LogP contribution in [0.25, 0.3) is 0 Å². The molecule has 1 unspecified atom stereocenters. The average molecular weight is 488 g/mol. The Morgan fingerprint density at radius 1 is 0.758 bits per heavy atom. The second kappa shape index (κ2) is 11.9. The Labute approximate surface area is 211 Å². The van der Waals surface area contributed by atoms with Crippen LogP contribution in [-0.4, -0.2) is 41.1 Å². The van der Waals surface area contributed by atoms with Crippen molar-refractivity contribution >= 4 is 24.8 Å². The lowest BCUT2D eigenvalue weighted by Gasteiger charge is -2.40. The van der Waals surface area contributed by atoms with Gasteiger partial charge < -0.3 is 5.11 Å². The smallest absolute Gasteiger partial charge is 0.115 e. The van der Waals surface area contributed by atoms with Gasteiger partial charge in [0, 0.05) is 32.7 Å². The SMILES string of the molecule is CC(C)(C)c1ccc(C(c2cccc(O)c2)N2CCN(Cc3ccccc3)CC2)cc1.Cl.Cl. The van der Waals surface area contributed by atoms with Gasteiger partial charge in [0.05, 0.1) is 6.04 Å². The molecule has 0 radical (unpaired) electrons. The highest BCUT2D eigenvalue weighted by Gasteiger charge is 2.27. The Bertz CT molecular complexity index is 979. The third-order valence-electron chi connectivity index (χ3n) is 6.30. The van der Waals surface area contributed by atoms with Crippen LogP contribution in [0, 0.1) is 0 Å². The minimum Gasteiger partial charge on any atom is -0.508 e.